The lowest BCUT2D eigenvalue weighted by molar-refractivity contribution is -0.384. The molecule has 0 bridgehead atoms. The molecule has 0 saturated carbocycles. The third kappa shape index (κ3) is 5.29. The molecule has 1 heterocycles. The number of para-hydroxylation sites is 1. The Bertz CT molecular complexity index is 1250. The minimum atomic E-state index is -0.508. The monoisotopic (exact) mass is 438 g/mol. The second-order valence-corrected chi connectivity index (χ2v) is 7.58. The van der Waals surface area contributed by atoms with Crippen LogP contribution >= 0.6 is 0 Å². The topological polar surface area (TPSA) is 116 Å². The highest BCUT2D eigenvalue weighted by atomic mass is 16.6. The van der Waals surface area contributed by atoms with Gasteiger partial charge < -0.3 is 5.32 Å². The van der Waals surface area contributed by atoms with Crippen LogP contribution in [0.25, 0.3) is 10.9 Å². The first kappa shape index (κ1) is 22.9. The molecule has 0 spiro atoms. The van der Waals surface area contributed by atoms with Gasteiger partial charge in [0.2, 0.25) is 5.91 Å². The first-order valence-electron chi connectivity index (χ1n) is 10.6. The van der Waals surface area contributed by atoms with E-state index in [1.165, 1.54) is 16.7 Å². The molecule has 32 heavy (non-hydrogen) atoms. The van der Waals surface area contributed by atoms with Crippen molar-refractivity contribution in [2.45, 2.75) is 45.7 Å². The number of unbranched alkanes of at least 4 members (excludes halogenated alkanes) is 1. The van der Waals surface area contributed by atoms with Gasteiger partial charge >= 0.3 is 5.69 Å². The van der Waals surface area contributed by atoms with Gasteiger partial charge in [0, 0.05) is 31.6 Å². The number of carbonyl (C=O) groups excluding carboxylic acids is 1. The number of benzene rings is 2. The van der Waals surface area contributed by atoms with Crippen molar-refractivity contribution in [2.75, 3.05) is 6.54 Å². The van der Waals surface area contributed by atoms with Crippen LogP contribution in [0.15, 0.2) is 58.1 Å². The number of nitro benzene ring substituents is 1. The van der Waals surface area contributed by atoms with Crippen molar-refractivity contribution in [3.63, 3.8) is 0 Å². The van der Waals surface area contributed by atoms with Crippen molar-refractivity contribution in [1.29, 1.82) is 0 Å². The molecular formula is C23H26N4O5. The zero-order valence-corrected chi connectivity index (χ0v) is 18.0. The molecule has 9 heteroatoms. The second-order valence-electron chi connectivity index (χ2n) is 7.58. The molecule has 0 saturated heterocycles. The van der Waals surface area contributed by atoms with E-state index < -0.39 is 16.2 Å². The number of fused-ring (bicyclic) bond motifs is 1. The van der Waals surface area contributed by atoms with E-state index in [0.29, 0.717) is 29.4 Å². The van der Waals surface area contributed by atoms with Crippen LogP contribution < -0.4 is 16.6 Å². The number of aromatic nitrogens is 2. The van der Waals surface area contributed by atoms with Crippen molar-refractivity contribution in [2.24, 2.45) is 0 Å². The van der Waals surface area contributed by atoms with E-state index in [9.17, 15) is 24.5 Å². The smallest absolute Gasteiger partial charge is 0.331 e. The van der Waals surface area contributed by atoms with Gasteiger partial charge in [0.05, 0.1) is 22.4 Å². The molecule has 1 N–H and O–H groups in total. The molecule has 0 unspecified atom stereocenters. The zero-order chi connectivity index (χ0) is 23.1. The van der Waals surface area contributed by atoms with Crippen molar-refractivity contribution in [1.82, 2.24) is 14.5 Å². The van der Waals surface area contributed by atoms with Gasteiger partial charge in [-0.1, -0.05) is 37.6 Å². The Hall–Kier alpha value is -3.75. The van der Waals surface area contributed by atoms with E-state index in [-0.39, 0.29) is 31.1 Å². The molecule has 3 rings (SSSR count). The summed E-state index contributed by atoms with van der Waals surface area (Å²) in [4.78, 5) is 48.7. The van der Waals surface area contributed by atoms with E-state index in [1.54, 1.807) is 36.4 Å². The van der Waals surface area contributed by atoms with E-state index in [4.69, 9.17) is 0 Å². The summed E-state index contributed by atoms with van der Waals surface area (Å²) in [5, 5.41) is 14.3. The molecule has 0 aliphatic heterocycles. The Morgan fingerprint density at radius 3 is 2.59 bits per heavy atom. The van der Waals surface area contributed by atoms with Gasteiger partial charge in [0.1, 0.15) is 0 Å². The Morgan fingerprint density at radius 2 is 1.84 bits per heavy atom. The molecular weight excluding hydrogens is 412 g/mol. The van der Waals surface area contributed by atoms with Gasteiger partial charge in [-0.2, -0.15) is 0 Å². The van der Waals surface area contributed by atoms with Gasteiger partial charge in [-0.3, -0.25) is 28.8 Å². The minimum Gasteiger partial charge on any atom is -0.356 e. The Morgan fingerprint density at radius 1 is 1.06 bits per heavy atom. The number of hydrogen-bond donors (Lipinski definition) is 1. The van der Waals surface area contributed by atoms with Gasteiger partial charge in [0.15, 0.2) is 0 Å². The molecule has 0 radical (unpaired) electrons. The number of non-ortho nitro benzene ring substituents is 1. The normalized spacial score (nSPS) is 10.9. The number of nitrogens with zero attached hydrogens (tertiary/aromatic N) is 3. The molecule has 2 aromatic carbocycles. The molecule has 3 aromatic rings. The van der Waals surface area contributed by atoms with Gasteiger partial charge in [0.25, 0.3) is 11.2 Å². The maximum Gasteiger partial charge on any atom is 0.331 e. The number of carbonyl (C=O) groups is 1. The summed E-state index contributed by atoms with van der Waals surface area (Å²) in [6.07, 6.45) is 2.45. The highest BCUT2D eigenvalue weighted by molar-refractivity contribution is 5.78. The standard InChI is InChI=1S/C23H26N4O5/c1-2-3-13-24-21(28)12-7-14-25-22(29)19-10-4-5-11-20(19)26(23(25)30)16-17-8-6-9-18(15-17)27(31)32/h4-6,8-11,15H,2-3,7,12-14,16H2,1H3,(H,24,28). The van der Waals surface area contributed by atoms with Crippen LogP contribution in [0.4, 0.5) is 5.69 Å². The molecule has 9 nitrogen and oxygen atoms in total. The highest BCUT2D eigenvalue weighted by Crippen LogP contribution is 2.15. The number of nitrogens with one attached hydrogen (secondary N) is 1. The summed E-state index contributed by atoms with van der Waals surface area (Å²) in [5.41, 5.74) is 0.0515. The van der Waals surface area contributed by atoms with Crippen molar-refractivity contribution < 1.29 is 9.72 Å². The predicted molar refractivity (Wildman–Crippen MR) is 122 cm³/mol. The lowest BCUT2D eigenvalue weighted by Gasteiger charge is -2.14. The summed E-state index contributed by atoms with van der Waals surface area (Å²) in [6, 6.07) is 12.8. The first-order valence-corrected chi connectivity index (χ1v) is 10.6. The van der Waals surface area contributed by atoms with Crippen molar-refractivity contribution in [3.05, 3.63) is 85.0 Å². The lowest BCUT2D eigenvalue weighted by atomic mass is 10.2. The van der Waals surface area contributed by atoms with Gasteiger partial charge in [-0.15, -0.1) is 0 Å². The minimum absolute atomic E-state index is 0.0674. The average molecular weight is 438 g/mol. The molecule has 168 valence electrons. The second kappa shape index (κ2) is 10.5. The summed E-state index contributed by atoms with van der Waals surface area (Å²) >= 11 is 0. The largest absolute Gasteiger partial charge is 0.356 e. The maximum absolute atomic E-state index is 13.2. The fourth-order valence-electron chi connectivity index (χ4n) is 3.56. The van der Waals surface area contributed by atoms with E-state index in [1.807, 2.05) is 6.92 Å². The fraction of sp³-hybridized carbons (Fsp3) is 0.348. The van der Waals surface area contributed by atoms with Crippen LogP contribution in [0.1, 0.15) is 38.2 Å². The quantitative estimate of drug-likeness (QED) is 0.297. The summed E-state index contributed by atoms with van der Waals surface area (Å²) < 4.78 is 2.58. The van der Waals surface area contributed by atoms with Crippen LogP contribution in [-0.4, -0.2) is 26.5 Å². The van der Waals surface area contributed by atoms with E-state index in [2.05, 4.69) is 5.32 Å². The van der Waals surface area contributed by atoms with Crippen molar-refractivity contribution >= 4 is 22.5 Å². The molecule has 0 aliphatic rings. The Labute approximate surface area is 184 Å². The Kier molecular flexibility index (Phi) is 7.54. The predicted octanol–water partition coefficient (Wildman–Crippen LogP) is 2.82. The number of rotatable bonds is 10. The first-order chi connectivity index (χ1) is 15.4. The van der Waals surface area contributed by atoms with Gasteiger partial charge in [-0.05, 0) is 30.5 Å². The average Bonchev–Trinajstić information content (AvgIpc) is 2.79. The lowest BCUT2D eigenvalue weighted by Crippen LogP contribution is -2.40. The van der Waals surface area contributed by atoms with Crippen LogP contribution in [0.5, 0.6) is 0 Å². The summed E-state index contributed by atoms with van der Waals surface area (Å²) in [6.45, 7) is 2.84. The molecule has 1 aromatic heterocycles. The molecule has 0 aliphatic carbocycles. The zero-order valence-electron chi connectivity index (χ0n) is 18.0. The van der Waals surface area contributed by atoms with Crippen LogP contribution in [0.2, 0.25) is 0 Å². The summed E-state index contributed by atoms with van der Waals surface area (Å²) in [5.74, 6) is -0.107. The third-order valence-electron chi connectivity index (χ3n) is 5.23. The number of amides is 1. The molecule has 0 atom stereocenters. The SMILES string of the molecule is CCCCNC(=O)CCCn1c(=O)c2ccccc2n(Cc2cccc([N+](=O)[O-])c2)c1=O. The maximum atomic E-state index is 13.2. The number of nitro groups is 1. The van der Waals surface area contributed by atoms with Crippen molar-refractivity contribution in [3.8, 4) is 0 Å². The van der Waals surface area contributed by atoms with Crippen LogP contribution in [0, 0.1) is 10.1 Å². The fourth-order valence-corrected chi connectivity index (χ4v) is 3.56. The number of hydrogen-bond acceptors (Lipinski definition) is 5. The van der Waals surface area contributed by atoms with E-state index >= 15 is 0 Å². The van der Waals surface area contributed by atoms with Crippen LogP contribution in [0.3, 0.4) is 0 Å². The van der Waals surface area contributed by atoms with E-state index in [0.717, 1.165) is 17.4 Å². The molecule has 1 amide bonds. The van der Waals surface area contributed by atoms with Gasteiger partial charge in [-0.25, -0.2) is 4.79 Å². The molecule has 0 fully saturated rings. The summed E-state index contributed by atoms with van der Waals surface area (Å²) in [7, 11) is 0. The highest BCUT2D eigenvalue weighted by Gasteiger charge is 2.15. The van der Waals surface area contributed by atoms with Crippen LogP contribution in [-0.2, 0) is 17.9 Å². The Balaban J connectivity index is 1.91. The third-order valence-corrected chi connectivity index (χ3v) is 5.23.